The van der Waals surface area contributed by atoms with Crippen molar-refractivity contribution in [2.45, 2.75) is 17.9 Å². The number of rotatable bonds is 2. The van der Waals surface area contributed by atoms with Crippen LogP contribution in [-0.2, 0) is 19.6 Å². The van der Waals surface area contributed by atoms with E-state index in [1.54, 1.807) is 55.5 Å². The summed E-state index contributed by atoms with van der Waals surface area (Å²) in [6.45, 7) is 1.39. The van der Waals surface area contributed by atoms with E-state index in [1.165, 1.54) is 9.21 Å². The molecule has 2 amide bonds. The fraction of sp³-hybridized carbons (Fsp3) is 0.143. The van der Waals surface area contributed by atoms with Gasteiger partial charge in [0.15, 0.2) is 0 Å². The van der Waals surface area contributed by atoms with Crippen molar-refractivity contribution in [2.24, 2.45) is 0 Å². The normalized spacial score (nSPS) is 17.8. The molecule has 1 atom stereocenters. The molecule has 3 aromatic rings. The standard InChI is InChI=1S/C21H17N3O4S/c1-13(21(26)23-12-19(25)22-15-8-2-3-9-16(15)23)24-17-10-4-6-14-7-5-11-18(20(14)17)29(24,27)28/h2-11,13H,12H2,1H3,(H,22,25)/t13-/m1/s1. The molecule has 0 spiro atoms. The van der Waals surface area contributed by atoms with Gasteiger partial charge >= 0.3 is 0 Å². The van der Waals surface area contributed by atoms with Gasteiger partial charge in [0.1, 0.15) is 12.6 Å². The van der Waals surface area contributed by atoms with E-state index in [0.29, 0.717) is 22.4 Å². The zero-order valence-electron chi connectivity index (χ0n) is 15.5. The molecule has 146 valence electrons. The number of anilines is 3. The van der Waals surface area contributed by atoms with Crippen LogP contribution in [0.3, 0.4) is 0 Å². The molecule has 0 aromatic heterocycles. The van der Waals surface area contributed by atoms with Crippen molar-refractivity contribution < 1.29 is 18.0 Å². The van der Waals surface area contributed by atoms with Crippen LogP contribution in [-0.4, -0.2) is 32.8 Å². The van der Waals surface area contributed by atoms with E-state index >= 15 is 0 Å². The fourth-order valence-corrected chi connectivity index (χ4v) is 5.95. The van der Waals surface area contributed by atoms with Crippen molar-refractivity contribution >= 4 is 49.7 Å². The predicted molar refractivity (Wildman–Crippen MR) is 110 cm³/mol. The van der Waals surface area contributed by atoms with Crippen LogP contribution >= 0.6 is 0 Å². The van der Waals surface area contributed by atoms with Crippen molar-refractivity contribution in [3.63, 3.8) is 0 Å². The van der Waals surface area contributed by atoms with Crippen molar-refractivity contribution in [2.75, 3.05) is 21.1 Å². The molecule has 2 aliphatic heterocycles. The molecular formula is C21H17N3O4S. The third kappa shape index (κ3) is 2.45. The number of hydrogen-bond acceptors (Lipinski definition) is 4. The van der Waals surface area contributed by atoms with Crippen LogP contribution in [0, 0.1) is 0 Å². The Hall–Kier alpha value is -3.39. The molecular weight excluding hydrogens is 390 g/mol. The minimum Gasteiger partial charge on any atom is -0.323 e. The van der Waals surface area contributed by atoms with Crippen LogP contribution in [0.4, 0.5) is 17.1 Å². The third-order valence-corrected chi connectivity index (χ3v) is 7.29. The first-order chi connectivity index (χ1) is 13.9. The van der Waals surface area contributed by atoms with Gasteiger partial charge < -0.3 is 5.32 Å². The summed E-state index contributed by atoms with van der Waals surface area (Å²) in [7, 11) is -3.89. The van der Waals surface area contributed by atoms with E-state index in [4.69, 9.17) is 0 Å². The van der Waals surface area contributed by atoms with Crippen LogP contribution in [0.5, 0.6) is 0 Å². The van der Waals surface area contributed by atoms with Crippen LogP contribution in [0.2, 0.25) is 0 Å². The first-order valence-corrected chi connectivity index (χ1v) is 10.6. The van der Waals surface area contributed by atoms with E-state index in [0.717, 1.165) is 5.39 Å². The molecule has 0 bridgehead atoms. The molecule has 0 saturated carbocycles. The fourth-order valence-electron chi connectivity index (χ4n) is 4.09. The van der Waals surface area contributed by atoms with Crippen molar-refractivity contribution in [1.82, 2.24) is 0 Å². The van der Waals surface area contributed by atoms with Gasteiger partial charge in [-0.05, 0) is 36.6 Å². The topological polar surface area (TPSA) is 86.8 Å². The van der Waals surface area contributed by atoms with Crippen LogP contribution in [0.25, 0.3) is 10.8 Å². The number of hydrogen-bond donors (Lipinski definition) is 1. The Balaban J connectivity index is 1.60. The summed E-state index contributed by atoms with van der Waals surface area (Å²) in [5, 5.41) is 4.15. The summed E-state index contributed by atoms with van der Waals surface area (Å²) >= 11 is 0. The largest absolute Gasteiger partial charge is 0.323 e. The first-order valence-electron chi connectivity index (χ1n) is 9.16. The lowest BCUT2D eigenvalue weighted by Crippen LogP contribution is -2.52. The first kappa shape index (κ1) is 17.7. The summed E-state index contributed by atoms with van der Waals surface area (Å²) < 4.78 is 27.7. The third-order valence-electron chi connectivity index (χ3n) is 5.36. The molecule has 0 unspecified atom stereocenters. The second-order valence-corrected chi connectivity index (χ2v) is 8.88. The van der Waals surface area contributed by atoms with E-state index in [9.17, 15) is 18.0 Å². The maximum absolute atomic E-state index is 13.4. The number of benzene rings is 3. The highest BCUT2D eigenvalue weighted by molar-refractivity contribution is 7.93. The Morgan fingerprint density at radius 3 is 2.48 bits per heavy atom. The van der Waals surface area contributed by atoms with Gasteiger partial charge in [-0.25, -0.2) is 8.42 Å². The highest BCUT2D eigenvalue weighted by Crippen LogP contribution is 2.43. The Labute approximate surface area is 167 Å². The van der Waals surface area contributed by atoms with E-state index in [1.807, 2.05) is 12.1 Å². The summed E-state index contributed by atoms with van der Waals surface area (Å²) in [6.07, 6.45) is 0. The highest BCUT2D eigenvalue weighted by atomic mass is 32.2. The molecule has 2 heterocycles. The number of para-hydroxylation sites is 2. The predicted octanol–water partition coefficient (Wildman–Crippen LogP) is 2.72. The van der Waals surface area contributed by atoms with Gasteiger partial charge in [0.25, 0.3) is 15.9 Å². The molecule has 7 nitrogen and oxygen atoms in total. The zero-order valence-corrected chi connectivity index (χ0v) is 16.3. The Morgan fingerprint density at radius 2 is 1.69 bits per heavy atom. The van der Waals surface area contributed by atoms with Crippen LogP contribution < -0.4 is 14.5 Å². The molecule has 0 fully saturated rings. The van der Waals surface area contributed by atoms with Crippen LogP contribution in [0.1, 0.15) is 6.92 Å². The number of nitrogens with zero attached hydrogens (tertiary/aromatic N) is 2. The number of sulfonamides is 1. The Kier molecular flexibility index (Phi) is 3.69. The average Bonchev–Trinajstić information content (AvgIpc) is 2.95. The van der Waals surface area contributed by atoms with Gasteiger partial charge in [0.05, 0.1) is 22.0 Å². The number of amides is 2. The lowest BCUT2D eigenvalue weighted by molar-refractivity contribution is -0.122. The maximum atomic E-state index is 13.4. The molecule has 8 heteroatoms. The van der Waals surface area contributed by atoms with E-state index < -0.39 is 22.0 Å². The van der Waals surface area contributed by atoms with Gasteiger partial charge in [-0.2, -0.15) is 0 Å². The van der Waals surface area contributed by atoms with Gasteiger partial charge in [-0.3, -0.25) is 18.8 Å². The van der Waals surface area contributed by atoms with Crippen LogP contribution in [0.15, 0.2) is 65.6 Å². The maximum Gasteiger partial charge on any atom is 0.265 e. The van der Waals surface area contributed by atoms with Gasteiger partial charge in [-0.15, -0.1) is 0 Å². The molecule has 2 aliphatic rings. The number of fused-ring (bicyclic) bond motifs is 1. The minimum absolute atomic E-state index is 0.161. The number of carbonyl (C=O) groups excluding carboxylic acids is 2. The monoisotopic (exact) mass is 407 g/mol. The number of nitrogens with one attached hydrogen (secondary N) is 1. The summed E-state index contributed by atoms with van der Waals surface area (Å²) in [6, 6.07) is 16.4. The van der Waals surface area contributed by atoms with Gasteiger partial charge in [0.2, 0.25) is 5.91 Å². The molecule has 29 heavy (non-hydrogen) atoms. The molecule has 0 radical (unpaired) electrons. The Bertz CT molecular complexity index is 1300. The quantitative estimate of drug-likeness (QED) is 0.708. The van der Waals surface area contributed by atoms with Crippen molar-refractivity contribution in [3.8, 4) is 0 Å². The smallest absolute Gasteiger partial charge is 0.265 e. The summed E-state index contributed by atoms with van der Waals surface area (Å²) in [5.74, 6) is -0.778. The second-order valence-electron chi connectivity index (χ2n) is 7.10. The van der Waals surface area contributed by atoms with Gasteiger partial charge in [0, 0.05) is 5.39 Å². The van der Waals surface area contributed by atoms with Crippen molar-refractivity contribution in [1.29, 1.82) is 0 Å². The molecule has 5 rings (SSSR count). The Morgan fingerprint density at radius 1 is 1.00 bits per heavy atom. The second kappa shape index (κ2) is 6.05. The molecule has 1 N–H and O–H groups in total. The van der Waals surface area contributed by atoms with Gasteiger partial charge in [-0.1, -0.05) is 36.4 Å². The SMILES string of the molecule is C[C@H](C(=O)N1CC(=O)Nc2ccccc21)N1c2cccc3cccc(c23)S1(=O)=O. The lowest BCUT2D eigenvalue weighted by atomic mass is 10.1. The van der Waals surface area contributed by atoms with E-state index in [-0.39, 0.29) is 17.3 Å². The highest BCUT2D eigenvalue weighted by Gasteiger charge is 2.43. The minimum atomic E-state index is -3.89. The molecule has 0 aliphatic carbocycles. The summed E-state index contributed by atoms with van der Waals surface area (Å²) in [4.78, 5) is 27.0. The number of carbonyl (C=O) groups is 2. The van der Waals surface area contributed by atoms with E-state index in [2.05, 4.69) is 5.32 Å². The average molecular weight is 407 g/mol. The van der Waals surface area contributed by atoms with Crippen molar-refractivity contribution in [3.05, 3.63) is 60.7 Å². The summed E-state index contributed by atoms with van der Waals surface area (Å²) in [5.41, 5.74) is 1.56. The zero-order chi connectivity index (χ0) is 20.3. The molecule has 0 saturated heterocycles. The lowest BCUT2D eigenvalue weighted by Gasteiger charge is -2.34. The molecule has 3 aromatic carbocycles.